The summed E-state index contributed by atoms with van der Waals surface area (Å²) in [6.45, 7) is 5.83. The number of anilines is 1. The van der Waals surface area contributed by atoms with Crippen LogP contribution in [-0.2, 0) is 7.05 Å². The Morgan fingerprint density at radius 2 is 1.96 bits per heavy atom. The molecular formula is C16H17N5O2. The van der Waals surface area contributed by atoms with Crippen LogP contribution in [0.15, 0.2) is 28.7 Å². The van der Waals surface area contributed by atoms with Crippen molar-refractivity contribution in [3.05, 3.63) is 46.8 Å². The molecule has 23 heavy (non-hydrogen) atoms. The number of nitrogens with one attached hydrogen (secondary N) is 1. The lowest BCUT2D eigenvalue weighted by molar-refractivity contribution is 0.101. The van der Waals surface area contributed by atoms with Gasteiger partial charge < -0.3 is 4.42 Å². The topological polar surface area (TPSA) is 85.8 Å². The molecule has 3 rings (SSSR count). The molecule has 1 aromatic carbocycles. The highest BCUT2D eigenvalue weighted by Crippen LogP contribution is 2.24. The highest BCUT2D eigenvalue weighted by atomic mass is 16.4. The SMILES string of the molecule is Cc1ccc(C)c(-c2nnc(NC(=O)c3cc(C)n(C)n3)o2)c1. The van der Waals surface area contributed by atoms with E-state index in [1.165, 1.54) is 0 Å². The molecule has 0 atom stereocenters. The normalized spacial score (nSPS) is 10.8. The van der Waals surface area contributed by atoms with E-state index in [9.17, 15) is 4.79 Å². The molecule has 0 bridgehead atoms. The van der Waals surface area contributed by atoms with Crippen LogP contribution in [0.3, 0.4) is 0 Å². The van der Waals surface area contributed by atoms with Gasteiger partial charge in [0.1, 0.15) is 0 Å². The van der Waals surface area contributed by atoms with Crippen LogP contribution in [0.25, 0.3) is 11.5 Å². The summed E-state index contributed by atoms with van der Waals surface area (Å²) in [7, 11) is 1.78. The van der Waals surface area contributed by atoms with Gasteiger partial charge >= 0.3 is 6.01 Å². The Balaban J connectivity index is 1.82. The summed E-state index contributed by atoms with van der Waals surface area (Å²) in [5.41, 5.74) is 4.16. The van der Waals surface area contributed by atoms with Crippen LogP contribution in [0.5, 0.6) is 0 Å². The van der Waals surface area contributed by atoms with Gasteiger partial charge in [-0.25, -0.2) is 0 Å². The zero-order valence-electron chi connectivity index (χ0n) is 13.4. The van der Waals surface area contributed by atoms with E-state index < -0.39 is 0 Å². The number of nitrogens with zero attached hydrogens (tertiary/aromatic N) is 4. The lowest BCUT2D eigenvalue weighted by Gasteiger charge is -2.02. The van der Waals surface area contributed by atoms with E-state index in [4.69, 9.17) is 4.42 Å². The van der Waals surface area contributed by atoms with Crippen LogP contribution < -0.4 is 5.32 Å². The van der Waals surface area contributed by atoms with Gasteiger partial charge in [0.25, 0.3) is 5.91 Å². The summed E-state index contributed by atoms with van der Waals surface area (Å²) in [5.74, 6) is -0.0106. The highest BCUT2D eigenvalue weighted by molar-refractivity contribution is 6.01. The molecule has 1 N–H and O–H groups in total. The van der Waals surface area contributed by atoms with E-state index in [0.29, 0.717) is 11.6 Å². The van der Waals surface area contributed by atoms with Crippen LogP contribution in [-0.4, -0.2) is 25.9 Å². The second kappa shape index (κ2) is 5.68. The molecule has 0 radical (unpaired) electrons. The van der Waals surface area contributed by atoms with Crippen molar-refractivity contribution in [3.63, 3.8) is 0 Å². The molecule has 2 aromatic heterocycles. The predicted molar refractivity (Wildman–Crippen MR) is 85.1 cm³/mol. The van der Waals surface area contributed by atoms with Crippen molar-refractivity contribution in [2.75, 3.05) is 5.32 Å². The van der Waals surface area contributed by atoms with Gasteiger partial charge in [-0.15, -0.1) is 5.10 Å². The lowest BCUT2D eigenvalue weighted by Crippen LogP contribution is -2.13. The third-order valence-electron chi connectivity index (χ3n) is 3.62. The fourth-order valence-corrected chi connectivity index (χ4v) is 2.18. The van der Waals surface area contributed by atoms with Crippen LogP contribution in [0, 0.1) is 20.8 Å². The third-order valence-corrected chi connectivity index (χ3v) is 3.62. The van der Waals surface area contributed by atoms with Gasteiger partial charge in [-0.2, -0.15) is 5.10 Å². The number of benzene rings is 1. The van der Waals surface area contributed by atoms with Crippen molar-refractivity contribution < 1.29 is 9.21 Å². The molecule has 7 nitrogen and oxygen atoms in total. The molecule has 2 heterocycles. The van der Waals surface area contributed by atoms with Crippen LogP contribution >= 0.6 is 0 Å². The second-order valence-corrected chi connectivity index (χ2v) is 5.48. The quantitative estimate of drug-likeness (QED) is 0.803. The number of hydrogen-bond donors (Lipinski definition) is 1. The molecule has 0 saturated carbocycles. The third kappa shape index (κ3) is 2.98. The van der Waals surface area contributed by atoms with Crippen LogP contribution in [0.4, 0.5) is 6.01 Å². The monoisotopic (exact) mass is 311 g/mol. The molecule has 1 amide bonds. The van der Waals surface area contributed by atoms with E-state index in [0.717, 1.165) is 22.4 Å². The first-order valence-corrected chi connectivity index (χ1v) is 7.17. The first-order valence-electron chi connectivity index (χ1n) is 7.17. The zero-order valence-corrected chi connectivity index (χ0v) is 13.4. The molecule has 0 fully saturated rings. The number of carbonyl (C=O) groups is 1. The molecule has 0 aliphatic rings. The maximum atomic E-state index is 12.1. The molecule has 0 spiro atoms. The second-order valence-electron chi connectivity index (χ2n) is 5.48. The molecule has 0 aliphatic carbocycles. The van der Waals surface area contributed by atoms with Crippen LogP contribution in [0.2, 0.25) is 0 Å². The minimum Gasteiger partial charge on any atom is -0.403 e. The van der Waals surface area contributed by atoms with Crippen molar-refractivity contribution in [2.45, 2.75) is 20.8 Å². The minimum atomic E-state index is -0.384. The number of rotatable bonds is 3. The van der Waals surface area contributed by atoms with Gasteiger partial charge in [0.2, 0.25) is 5.89 Å². The molecule has 0 unspecified atom stereocenters. The average Bonchev–Trinajstić information content (AvgIpc) is 3.09. The number of amides is 1. The number of aryl methyl sites for hydroxylation is 4. The Hall–Kier alpha value is -2.96. The van der Waals surface area contributed by atoms with Crippen molar-refractivity contribution >= 4 is 11.9 Å². The largest absolute Gasteiger partial charge is 0.403 e. The first kappa shape index (κ1) is 15.0. The van der Waals surface area contributed by atoms with E-state index in [1.54, 1.807) is 17.8 Å². The molecule has 3 aromatic rings. The Kier molecular flexibility index (Phi) is 3.69. The Bertz CT molecular complexity index is 859. The Morgan fingerprint density at radius 1 is 1.17 bits per heavy atom. The number of aromatic nitrogens is 4. The number of carbonyl (C=O) groups excluding carboxylic acids is 1. The van der Waals surface area contributed by atoms with Crippen LogP contribution in [0.1, 0.15) is 27.3 Å². The molecule has 0 aliphatic heterocycles. The van der Waals surface area contributed by atoms with E-state index in [1.807, 2.05) is 39.0 Å². The van der Waals surface area contributed by atoms with E-state index in [-0.39, 0.29) is 11.9 Å². The lowest BCUT2D eigenvalue weighted by atomic mass is 10.1. The van der Waals surface area contributed by atoms with Crippen molar-refractivity contribution in [2.24, 2.45) is 7.05 Å². The Labute approximate surface area is 133 Å². The summed E-state index contributed by atoms with van der Waals surface area (Å²) in [4.78, 5) is 12.1. The minimum absolute atomic E-state index is 0.0502. The molecule has 0 saturated heterocycles. The number of hydrogen-bond acceptors (Lipinski definition) is 5. The molecule has 118 valence electrons. The van der Waals surface area contributed by atoms with Crippen molar-refractivity contribution in [1.82, 2.24) is 20.0 Å². The van der Waals surface area contributed by atoms with Gasteiger partial charge in [-0.05, 0) is 38.5 Å². The highest BCUT2D eigenvalue weighted by Gasteiger charge is 2.16. The first-order chi connectivity index (χ1) is 10.9. The fraction of sp³-hybridized carbons (Fsp3) is 0.250. The maximum absolute atomic E-state index is 12.1. The van der Waals surface area contributed by atoms with Crippen molar-refractivity contribution in [3.8, 4) is 11.5 Å². The fourth-order valence-electron chi connectivity index (χ4n) is 2.18. The van der Waals surface area contributed by atoms with Gasteiger partial charge in [0, 0.05) is 18.3 Å². The molecule has 7 heteroatoms. The summed E-state index contributed by atoms with van der Waals surface area (Å²) < 4.78 is 7.18. The standard InChI is InChI=1S/C16H17N5O2/c1-9-5-6-10(2)12(7-9)15-18-19-16(23-15)17-14(22)13-8-11(3)21(4)20-13/h5-8H,1-4H3,(H,17,19,22). The smallest absolute Gasteiger partial charge is 0.322 e. The summed E-state index contributed by atoms with van der Waals surface area (Å²) in [5, 5.41) is 14.6. The predicted octanol–water partition coefficient (Wildman–Crippen LogP) is 2.65. The molecular weight excluding hydrogens is 294 g/mol. The summed E-state index contributed by atoms with van der Waals surface area (Å²) >= 11 is 0. The van der Waals surface area contributed by atoms with Gasteiger partial charge in [0.05, 0.1) is 0 Å². The summed E-state index contributed by atoms with van der Waals surface area (Å²) in [6, 6.07) is 7.72. The van der Waals surface area contributed by atoms with Gasteiger partial charge in [-0.1, -0.05) is 22.8 Å². The van der Waals surface area contributed by atoms with Crippen molar-refractivity contribution in [1.29, 1.82) is 0 Å². The van der Waals surface area contributed by atoms with E-state index >= 15 is 0 Å². The Morgan fingerprint density at radius 3 is 2.65 bits per heavy atom. The average molecular weight is 311 g/mol. The van der Waals surface area contributed by atoms with Gasteiger partial charge in [0.15, 0.2) is 5.69 Å². The maximum Gasteiger partial charge on any atom is 0.322 e. The van der Waals surface area contributed by atoms with E-state index in [2.05, 4.69) is 20.6 Å². The zero-order chi connectivity index (χ0) is 16.6. The summed E-state index contributed by atoms with van der Waals surface area (Å²) in [6.07, 6.45) is 0. The van der Waals surface area contributed by atoms with Gasteiger partial charge in [-0.3, -0.25) is 14.8 Å².